The number of benzene rings is 1. The van der Waals surface area contributed by atoms with Crippen LogP contribution in [-0.2, 0) is 11.3 Å². The van der Waals surface area contributed by atoms with Crippen molar-refractivity contribution in [3.05, 3.63) is 50.4 Å². The summed E-state index contributed by atoms with van der Waals surface area (Å²) >= 11 is 1.04. The maximum atomic E-state index is 12.4. The maximum Gasteiger partial charge on any atom is 0.337 e. The van der Waals surface area contributed by atoms with Crippen molar-refractivity contribution in [2.24, 2.45) is 0 Å². The minimum Gasteiger partial charge on any atom is -0.482 e. The molecule has 4 rings (SSSR count). The predicted octanol–water partition coefficient (Wildman–Crippen LogP) is 1.25. The molecule has 0 saturated carbocycles. The minimum atomic E-state index is -1.22. The van der Waals surface area contributed by atoms with Crippen LogP contribution in [0.5, 0.6) is 5.75 Å². The van der Waals surface area contributed by atoms with Crippen LogP contribution in [0.1, 0.15) is 31.4 Å². The molecule has 1 aromatic carbocycles. The highest BCUT2D eigenvalue weighted by Gasteiger charge is 2.22. The average molecular weight is 414 g/mol. The Morgan fingerprint density at radius 1 is 1.34 bits per heavy atom. The highest BCUT2D eigenvalue weighted by molar-refractivity contribution is 7.19. The van der Waals surface area contributed by atoms with Gasteiger partial charge in [-0.05, 0) is 24.6 Å². The topological polar surface area (TPSA) is 150 Å². The Labute approximate surface area is 166 Å². The molecule has 0 bridgehead atoms. The van der Waals surface area contributed by atoms with Gasteiger partial charge in [-0.1, -0.05) is 6.07 Å². The number of carbonyl (C=O) groups excluding carboxylic acids is 2. The predicted molar refractivity (Wildman–Crippen MR) is 104 cm³/mol. The number of rotatable bonds is 4. The van der Waals surface area contributed by atoms with Crippen molar-refractivity contribution in [3.8, 4) is 5.75 Å². The summed E-state index contributed by atoms with van der Waals surface area (Å²) in [4.78, 5) is 54.6. The number of nitrogens with one attached hydrogen (secondary N) is 3. The van der Waals surface area contributed by atoms with Gasteiger partial charge in [0.05, 0.1) is 16.6 Å². The molecule has 0 radical (unpaired) electrons. The fourth-order valence-electron chi connectivity index (χ4n) is 2.99. The number of fused-ring (bicyclic) bond motifs is 2. The zero-order chi connectivity index (χ0) is 20.7. The second kappa shape index (κ2) is 7.02. The number of ether oxygens (including phenoxy) is 1. The normalized spacial score (nSPS) is 12.8. The van der Waals surface area contributed by atoms with Gasteiger partial charge in [-0.2, -0.15) is 0 Å². The third-order valence-electron chi connectivity index (χ3n) is 4.30. The van der Waals surface area contributed by atoms with Gasteiger partial charge < -0.3 is 25.5 Å². The third-order valence-corrected chi connectivity index (χ3v) is 5.30. The molecule has 148 valence electrons. The quantitative estimate of drug-likeness (QED) is 0.502. The number of hydrogen-bond acceptors (Lipinski definition) is 7. The highest BCUT2D eigenvalue weighted by Crippen LogP contribution is 2.29. The summed E-state index contributed by atoms with van der Waals surface area (Å²) in [5.41, 5.74) is 0.419. The number of hydrogen-bond donors (Lipinski definition) is 4. The largest absolute Gasteiger partial charge is 0.482 e. The van der Waals surface area contributed by atoms with Crippen LogP contribution in [0, 0.1) is 6.92 Å². The fourth-order valence-corrected chi connectivity index (χ4v) is 4.01. The van der Waals surface area contributed by atoms with E-state index in [2.05, 4.69) is 20.6 Å². The van der Waals surface area contributed by atoms with Gasteiger partial charge in [-0.25, -0.2) is 9.78 Å². The summed E-state index contributed by atoms with van der Waals surface area (Å²) in [5, 5.41) is 14.6. The van der Waals surface area contributed by atoms with E-state index in [1.807, 2.05) is 0 Å². The highest BCUT2D eigenvalue weighted by atomic mass is 32.1. The molecule has 4 N–H and O–H groups in total. The van der Waals surface area contributed by atoms with E-state index in [-0.39, 0.29) is 40.7 Å². The monoisotopic (exact) mass is 414 g/mol. The van der Waals surface area contributed by atoms with Crippen molar-refractivity contribution in [2.75, 3.05) is 11.9 Å². The van der Waals surface area contributed by atoms with E-state index >= 15 is 0 Å². The van der Waals surface area contributed by atoms with Crippen LogP contribution >= 0.6 is 11.3 Å². The van der Waals surface area contributed by atoms with E-state index in [1.54, 1.807) is 25.1 Å². The third kappa shape index (κ3) is 3.43. The summed E-state index contributed by atoms with van der Waals surface area (Å²) in [6.45, 7) is 1.65. The van der Waals surface area contributed by atoms with Crippen molar-refractivity contribution in [2.45, 2.75) is 13.5 Å². The van der Waals surface area contributed by atoms with E-state index in [4.69, 9.17) is 4.74 Å². The number of nitrogens with zero attached hydrogens (tertiary/aromatic N) is 1. The number of aromatic carboxylic acids is 1. The van der Waals surface area contributed by atoms with Crippen LogP contribution < -0.4 is 20.9 Å². The first-order chi connectivity index (χ1) is 13.8. The Bertz CT molecular complexity index is 1250. The standard InChI is InChI=1S/C18H14N4O6S/c1-7-12(18(26)27)13-15(24)21-14(22-17(13)29-7)16(25)19-5-8-2-3-10-9(4-8)20-11(23)6-28-10/h2-4H,5-6H2,1H3,(H,19,25)(H,20,23)(H,26,27)(H,21,22,24). The van der Waals surface area contributed by atoms with Gasteiger partial charge in [0.1, 0.15) is 10.6 Å². The Balaban J connectivity index is 1.55. The van der Waals surface area contributed by atoms with E-state index in [1.165, 1.54) is 0 Å². The SMILES string of the molecule is Cc1sc2nc(C(=O)NCc3ccc4c(c3)NC(=O)CO4)[nH]c(=O)c2c1C(=O)O. The van der Waals surface area contributed by atoms with Crippen molar-refractivity contribution in [1.29, 1.82) is 0 Å². The second-order valence-electron chi connectivity index (χ2n) is 6.28. The number of aromatic amines is 1. The molecule has 3 aromatic rings. The van der Waals surface area contributed by atoms with Crippen molar-refractivity contribution < 1.29 is 24.2 Å². The molecule has 1 aliphatic rings. The summed E-state index contributed by atoms with van der Waals surface area (Å²) in [6.07, 6.45) is 0. The fraction of sp³-hybridized carbons (Fsp3) is 0.167. The zero-order valence-electron chi connectivity index (χ0n) is 15.0. The molecular formula is C18H14N4O6S. The first-order valence-electron chi connectivity index (χ1n) is 8.44. The zero-order valence-corrected chi connectivity index (χ0v) is 15.8. The number of aromatic nitrogens is 2. The Morgan fingerprint density at radius 2 is 2.14 bits per heavy atom. The molecule has 10 nitrogen and oxygen atoms in total. The summed E-state index contributed by atoms with van der Waals surface area (Å²) in [7, 11) is 0. The average Bonchev–Trinajstić information content (AvgIpc) is 3.02. The molecule has 0 spiro atoms. The van der Waals surface area contributed by atoms with Gasteiger partial charge in [0.15, 0.2) is 6.61 Å². The molecule has 11 heteroatoms. The maximum absolute atomic E-state index is 12.4. The molecule has 0 fully saturated rings. The summed E-state index contributed by atoms with van der Waals surface area (Å²) in [5.74, 6) is -1.78. The first-order valence-corrected chi connectivity index (χ1v) is 9.25. The summed E-state index contributed by atoms with van der Waals surface area (Å²) in [6, 6.07) is 5.09. The van der Waals surface area contributed by atoms with E-state index < -0.39 is 17.4 Å². The molecular weight excluding hydrogens is 400 g/mol. The molecule has 0 aliphatic carbocycles. The number of carboxylic acids is 1. The number of carboxylic acid groups (broad SMARTS) is 1. The van der Waals surface area contributed by atoms with E-state index in [0.29, 0.717) is 21.9 Å². The lowest BCUT2D eigenvalue weighted by Crippen LogP contribution is -2.28. The van der Waals surface area contributed by atoms with Gasteiger partial charge in [-0.15, -0.1) is 11.3 Å². The number of aryl methyl sites for hydroxylation is 1. The van der Waals surface area contributed by atoms with Crippen LogP contribution in [-0.4, -0.2) is 39.5 Å². The van der Waals surface area contributed by atoms with Crippen molar-refractivity contribution in [3.63, 3.8) is 0 Å². The molecule has 1 aliphatic heterocycles. The number of anilines is 1. The molecule has 2 aromatic heterocycles. The van der Waals surface area contributed by atoms with Gasteiger partial charge in [0.2, 0.25) is 5.82 Å². The van der Waals surface area contributed by atoms with Crippen LogP contribution in [0.4, 0.5) is 5.69 Å². The van der Waals surface area contributed by atoms with Gasteiger partial charge in [0.25, 0.3) is 17.4 Å². The molecule has 0 atom stereocenters. The van der Waals surface area contributed by atoms with E-state index in [9.17, 15) is 24.3 Å². The number of amides is 2. The Kier molecular flexibility index (Phi) is 4.51. The number of thiophene rings is 1. The van der Waals surface area contributed by atoms with Crippen LogP contribution in [0.2, 0.25) is 0 Å². The minimum absolute atomic E-state index is 0.0398. The molecule has 3 heterocycles. The molecule has 29 heavy (non-hydrogen) atoms. The summed E-state index contributed by atoms with van der Waals surface area (Å²) < 4.78 is 5.28. The van der Waals surface area contributed by atoms with Gasteiger partial charge >= 0.3 is 5.97 Å². The lowest BCUT2D eigenvalue weighted by Gasteiger charge is -2.18. The van der Waals surface area contributed by atoms with Gasteiger partial charge in [0, 0.05) is 11.4 Å². The van der Waals surface area contributed by atoms with E-state index in [0.717, 1.165) is 11.3 Å². The van der Waals surface area contributed by atoms with Crippen LogP contribution in [0.3, 0.4) is 0 Å². The molecule has 0 saturated heterocycles. The molecule has 2 amide bonds. The second-order valence-corrected chi connectivity index (χ2v) is 7.49. The lowest BCUT2D eigenvalue weighted by atomic mass is 10.1. The number of H-pyrrole nitrogens is 1. The van der Waals surface area contributed by atoms with Crippen LogP contribution in [0.25, 0.3) is 10.2 Å². The van der Waals surface area contributed by atoms with Crippen LogP contribution in [0.15, 0.2) is 23.0 Å². The molecule has 0 unspecified atom stereocenters. The number of carbonyl (C=O) groups is 3. The first kappa shape index (κ1) is 18.6. The van der Waals surface area contributed by atoms with Gasteiger partial charge in [-0.3, -0.25) is 14.4 Å². The van der Waals surface area contributed by atoms with Crippen molar-refractivity contribution >= 4 is 45.0 Å². The lowest BCUT2D eigenvalue weighted by molar-refractivity contribution is -0.118. The Hall–Kier alpha value is -3.73. The van der Waals surface area contributed by atoms with Crippen molar-refractivity contribution in [1.82, 2.24) is 15.3 Å². The Morgan fingerprint density at radius 3 is 2.90 bits per heavy atom. The smallest absolute Gasteiger partial charge is 0.337 e.